The van der Waals surface area contributed by atoms with Crippen LogP contribution in [0.2, 0.25) is 0 Å². The summed E-state index contributed by atoms with van der Waals surface area (Å²) in [5.74, 6) is 0.688. The molecule has 27 heavy (non-hydrogen) atoms. The van der Waals surface area contributed by atoms with Crippen LogP contribution >= 0.6 is 0 Å². The second kappa shape index (κ2) is 6.11. The second-order valence-electron chi connectivity index (χ2n) is 6.53. The molecule has 0 fully saturated rings. The summed E-state index contributed by atoms with van der Waals surface area (Å²) in [6, 6.07) is 6.20. The van der Waals surface area contributed by atoms with Gasteiger partial charge in [-0.15, -0.1) is 0 Å². The number of hydrogen-bond donors (Lipinski definition) is 2. The Labute approximate surface area is 156 Å². The average Bonchev–Trinajstić information content (AvgIpc) is 3.35. The number of methoxy groups -OCH3 is 2. The fraction of sp³-hybridized carbons (Fsp3) is 0.250. The first-order valence-electron chi connectivity index (χ1n) is 8.48. The van der Waals surface area contributed by atoms with Gasteiger partial charge in [-0.25, -0.2) is 9.97 Å². The van der Waals surface area contributed by atoms with Crippen molar-refractivity contribution in [2.24, 2.45) is 0 Å². The van der Waals surface area contributed by atoms with Crippen LogP contribution in [-0.4, -0.2) is 34.2 Å². The Bertz CT molecular complexity index is 1200. The van der Waals surface area contributed by atoms with Crippen molar-refractivity contribution in [3.63, 3.8) is 0 Å². The number of nitriles is 1. The van der Waals surface area contributed by atoms with Gasteiger partial charge in [-0.2, -0.15) is 5.26 Å². The number of H-pyrrole nitrogens is 2. The molecular formula is C20H19N5O2. The molecule has 3 aromatic heterocycles. The maximum atomic E-state index is 9.74. The van der Waals surface area contributed by atoms with Gasteiger partial charge in [0.1, 0.15) is 22.9 Å². The SMILES string of the molecule is COc1cc(C)c2[nH]ccc2c1C(C)(OC)c1c(C#N)cnc2[nH]cnc12. The van der Waals surface area contributed by atoms with Crippen molar-refractivity contribution in [2.45, 2.75) is 19.4 Å². The van der Waals surface area contributed by atoms with Crippen LogP contribution < -0.4 is 4.74 Å². The number of imidazole rings is 1. The van der Waals surface area contributed by atoms with E-state index in [-0.39, 0.29) is 0 Å². The molecule has 3 heterocycles. The molecule has 0 saturated heterocycles. The van der Waals surface area contributed by atoms with Crippen molar-refractivity contribution in [2.75, 3.05) is 14.2 Å². The number of fused-ring (bicyclic) bond motifs is 2. The first kappa shape index (κ1) is 17.1. The Kier molecular flexibility index (Phi) is 3.86. The lowest BCUT2D eigenvalue weighted by atomic mass is 9.82. The van der Waals surface area contributed by atoms with Crippen molar-refractivity contribution in [1.82, 2.24) is 19.9 Å². The number of rotatable bonds is 4. The normalized spacial score (nSPS) is 13.6. The van der Waals surface area contributed by atoms with Gasteiger partial charge < -0.3 is 19.4 Å². The molecule has 7 nitrogen and oxygen atoms in total. The Hall–Kier alpha value is -3.37. The van der Waals surface area contributed by atoms with E-state index in [2.05, 4.69) is 26.0 Å². The molecule has 0 aliphatic carbocycles. The van der Waals surface area contributed by atoms with Crippen LogP contribution in [-0.2, 0) is 10.3 Å². The topological polar surface area (TPSA) is 99.6 Å². The molecule has 0 amide bonds. The molecule has 0 saturated carbocycles. The maximum absolute atomic E-state index is 9.74. The largest absolute Gasteiger partial charge is 0.496 e. The highest BCUT2D eigenvalue weighted by molar-refractivity contribution is 5.91. The fourth-order valence-corrected chi connectivity index (χ4v) is 3.82. The molecule has 0 aliphatic heterocycles. The van der Waals surface area contributed by atoms with E-state index in [1.807, 2.05) is 32.2 Å². The van der Waals surface area contributed by atoms with Gasteiger partial charge in [-0.1, -0.05) is 0 Å². The fourth-order valence-electron chi connectivity index (χ4n) is 3.82. The summed E-state index contributed by atoms with van der Waals surface area (Å²) >= 11 is 0. The number of nitrogens with one attached hydrogen (secondary N) is 2. The first-order chi connectivity index (χ1) is 13.0. The summed E-state index contributed by atoms with van der Waals surface area (Å²) in [4.78, 5) is 15.0. The molecule has 2 N–H and O–H groups in total. The van der Waals surface area contributed by atoms with Crippen molar-refractivity contribution in [3.8, 4) is 11.8 Å². The molecule has 4 aromatic rings. The Morgan fingerprint density at radius 1 is 1.19 bits per heavy atom. The second-order valence-corrected chi connectivity index (χ2v) is 6.53. The summed E-state index contributed by atoms with van der Waals surface area (Å²) in [7, 11) is 3.26. The lowest BCUT2D eigenvalue weighted by molar-refractivity contribution is 0.0392. The van der Waals surface area contributed by atoms with Crippen molar-refractivity contribution in [1.29, 1.82) is 5.26 Å². The van der Waals surface area contributed by atoms with Crippen molar-refractivity contribution >= 4 is 22.1 Å². The molecular weight excluding hydrogens is 342 g/mol. The lowest BCUT2D eigenvalue weighted by Gasteiger charge is -2.32. The molecule has 1 aromatic carbocycles. The summed E-state index contributed by atoms with van der Waals surface area (Å²) in [6.07, 6.45) is 5.00. The van der Waals surface area contributed by atoms with Crippen LogP contribution in [0.15, 0.2) is 30.9 Å². The van der Waals surface area contributed by atoms with E-state index in [1.165, 1.54) is 0 Å². The Morgan fingerprint density at radius 3 is 2.70 bits per heavy atom. The molecule has 0 radical (unpaired) electrons. The van der Waals surface area contributed by atoms with Crippen LogP contribution in [0.25, 0.3) is 22.1 Å². The Morgan fingerprint density at radius 2 is 2.00 bits per heavy atom. The van der Waals surface area contributed by atoms with Crippen LogP contribution in [0.3, 0.4) is 0 Å². The molecule has 7 heteroatoms. The van der Waals surface area contributed by atoms with E-state index >= 15 is 0 Å². The third-order valence-electron chi connectivity index (χ3n) is 5.16. The number of aryl methyl sites for hydroxylation is 1. The number of hydrogen-bond acceptors (Lipinski definition) is 5. The molecule has 0 bridgehead atoms. The monoisotopic (exact) mass is 361 g/mol. The minimum Gasteiger partial charge on any atom is -0.496 e. The highest BCUT2D eigenvalue weighted by Crippen LogP contribution is 2.45. The van der Waals surface area contributed by atoms with Gasteiger partial charge in [0.2, 0.25) is 0 Å². The van der Waals surface area contributed by atoms with Gasteiger partial charge in [0.05, 0.1) is 19.0 Å². The van der Waals surface area contributed by atoms with Crippen molar-refractivity contribution < 1.29 is 9.47 Å². The molecule has 1 unspecified atom stereocenters. The van der Waals surface area contributed by atoms with E-state index in [0.717, 1.165) is 22.0 Å². The predicted molar refractivity (Wildman–Crippen MR) is 102 cm³/mol. The number of aromatic amines is 2. The third kappa shape index (κ3) is 2.31. The van der Waals surface area contributed by atoms with Gasteiger partial charge in [0.25, 0.3) is 0 Å². The Balaban J connectivity index is 2.16. The third-order valence-corrected chi connectivity index (χ3v) is 5.16. The van der Waals surface area contributed by atoms with Crippen LogP contribution in [0, 0.1) is 18.3 Å². The summed E-state index contributed by atoms with van der Waals surface area (Å²) in [5, 5.41) is 10.7. The predicted octanol–water partition coefficient (Wildman–Crippen LogP) is 3.54. The van der Waals surface area contributed by atoms with E-state index in [1.54, 1.807) is 26.7 Å². The smallest absolute Gasteiger partial charge is 0.157 e. The van der Waals surface area contributed by atoms with Gasteiger partial charge >= 0.3 is 0 Å². The number of nitrogens with zero attached hydrogens (tertiary/aromatic N) is 3. The van der Waals surface area contributed by atoms with E-state index in [9.17, 15) is 5.26 Å². The van der Waals surface area contributed by atoms with Crippen LogP contribution in [0.1, 0.15) is 29.2 Å². The molecule has 0 aliphatic rings. The van der Waals surface area contributed by atoms with Gasteiger partial charge in [0.15, 0.2) is 5.65 Å². The number of ether oxygens (including phenoxy) is 2. The zero-order valence-electron chi connectivity index (χ0n) is 15.5. The number of aromatic nitrogens is 4. The number of benzene rings is 1. The molecule has 136 valence electrons. The number of pyridine rings is 1. The van der Waals surface area contributed by atoms with Crippen LogP contribution in [0.4, 0.5) is 0 Å². The molecule has 0 spiro atoms. The summed E-state index contributed by atoms with van der Waals surface area (Å²) in [6.45, 7) is 3.95. The van der Waals surface area contributed by atoms with Crippen molar-refractivity contribution in [3.05, 3.63) is 53.1 Å². The maximum Gasteiger partial charge on any atom is 0.157 e. The standard InChI is InChI=1S/C20H19N5O2/c1-11-7-14(26-3)16(13-5-6-22-17(11)13)20(2,27-4)15-12(8-21)9-23-19-18(15)24-10-25-19/h5-7,9-10,22H,1-4H3,(H,23,24,25). The minimum atomic E-state index is -0.985. The van der Waals surface area contributed by atoms with E-state index in [4.69, 9.17) is 9.47 Å². The highest BCUT2D eigenvalue weighted by atomic mass is 16.5. The highest BCUT2D eigenvalue weighted by Gasteiger charge is 2.39. The first-order valence-corrected chi connectivity index (χ1v) is 8.48. The molecule has 4 rings (SSSR count). The minimum absolute atomic E-state index is 0.408. The quantitative estimate of drug-likeness (QED) is 0.579. The summed E-state index contributed by atoms with van der Waals surface area (Å²) < 4.78 is 11.8. The van der Waals surface area contributed by atoms with Crippen LogP contribution in [0.5, 0.6) is 5.75 Å². The van der Waals surface area contributed by atoms with Gasteiger partial charge in [-0.05, 0) is 31.5 Å². The zero-order valence-corrected chi connectivity index (χ0v) is 15.5. The summed E-state index contributed by atoms with van der Waals surface area (Å²) in [5.41, 5.74) is 4.18. The lowest BCUT2D eigenvalue weighted by Crippen LogP contribution is -2.29. The molecule has 1 atom stereocenters. The van der Waals surface area contributed by atoms with E-state index < -0.39 is 5.60 Å². The van der Waals surface area contributed by atoms with Gasteiger partial charge in [-0.3, -0.25) is 0 Å². The average molecular weight is 361 g/mol. The zero-order chi connectivity index (χ0) is 19.2. The van der Waals surface area contributed by atoms with E-state index in [0.29, 0.717) is 28.0 Å². The van der Waals surface area contributed by atoms with Gasteiger partial charge in [0, 0.05) is 41.5 Å².